The Bertz CT molecular complexity index is 1280. The van der Waals surface area contributed by atoms with Crippen molar-refractivity contribution in [2.24, 2.45) is 0 Å². The standard InChI is InChI=1S/C23H19F3N6OS/c1-2-28-21(33)19-18(17(15-9-6-10-27-12-15)20(34-19)23(24,25)26)16-13-30-32-22(31-16)29-11-14-7-4-3-5-8-14/h3-10,12-13H,2,11H2,1H3,(H,28,33)(H,29,31,32). The molecule has 34 heavy (non-hydrogen) atoms. The lowest BCUT2D eigenvalue weighted by Gasteiger charge is -2.11. The number of carbonyl (C=O) groups is 1. The predicted octanol–water partition coefficient (Wildman–Crippen LogP) is 5.04. The maximum Gasteiger partial charge on any atom is 0.426 e. The van der Waals surface area contributed by atoms with Crippen LogP contribution in [0.4, 0.5) is 19.1 Å². The number of thiophene rings is 1. The second kappa shape index (κ2) is 9.96. The number of nitrogens with one attached hydrogen (secondary N) is 2. The smallest absolute Gasteiger partial charge is 0.352 e. The van der Waals surface area contributed by atoms with Crippen LogP contribution in [0.15, 0.2) is 61.1 Å². The highest BCUT2D eigenvalue weighted by Crippen LogP contribution is 2.49. The number of benzene rings is 1. The largest absolute Gasteiger partial charge is 0.426 e. The van der Waals surface area contributed by atoms with Crippen molar-refractivity contribution in [3.05, 3.63) is 76.4 Å². The zero-order chi connectivity index (χ0) is 24.1. The van der Waals surface area contributed by atoms with Crippen LogP contribution in [-0.2, 0) is 12.7 Å². The number of aromatic nitrogens is 4. The van der Waals surface area contributed by atoms with Crippen LogP contribution < -0.4 is 10.6 Å². The molecule has 0 atom stereocenters. The molecular weight excluding hydrogens is 465 g/mol. The highest BCUT2D eigenvalue weighted by Gasteiger charge is 2.40. The minimum atomic E-state index is -4.69. The lowest BCUT2D eigenvalue weighted by molar-refractivity contribution is -0.133. The number of amides is 1. The molecule has 1 amide bonds. The van der Waals surface area contributed by atoms with Crippen LogP contribution in [-0.4, -0.2) is 32.6 Å². The summed E-state index contributed by atoms with van der Waals surface area (Å²) in [5, 5.41) is 13.5. The number of hydrogen-bond acceptors (Lipinski definition) is 7. The van der Waals surface area contributed by atoms with Crippen LogP contribution >= 0.6 is 11.3 Å². The van der Waals surface area contributed by atoms with Gasteiger partial charge in [0.2, 0.25) is 5.95 Å². The van der Waals surface area contributed by atoms with Crippen molar-refractivity contribution in [3.8, 4) is 22.4 Å². The van der Waals surface area contributed by atoms with E-state index in [1.807, 2.05) is 30.3 Å². The average Bonchev–Trinajstić information content (AvgIpc) is 3.26. The van der Waals surface area contributed by atoms with Gasteiger partial charge in [-0.25, -0.2) is 4.98 Å². The first-order valence-corrected chi connectivity index (χ1v) is 11.1. The van der Waals surface area contributed by atoms with Gasteiger partial charge >= 0.3 is 6.18 Å². The van der Waals surface area contributed by atoms with Gasteiger partial charge in [0.15, 0.2) is 0 Å². The van der Waals surface area contributed by atoms with Crippen LogP contribution in [0.5, 0.6) is 0 Å². The molecule has 3 heterocycles. The van der Waals surface area contributed by atoms with Gasteiger partial charge in [0.05, 0.1) is 11.9 Å². The number of nitrogens with zero attached hydrogens (tertiary/aromatic N) is 4. The molecule has 0 aliphatic carbocycles. The molecule has 3 aromatic heterocycles. The highest BCUT2D eigenvalue weighted by atomic mass is 32.1. The van der Waals surface area contributed by atoms with Gasteiger partial charge in [-0.1, -0.05) is 36.4 Å². The Morgan fingerprint density at radius 3 is 2.53 bits per heavy atom. The van der Waals surface area contributed by atoms with E-state index in [2.05, 4.69) is 30.8 Å². The molecule has 0 saturated carbocycles. The van der Waals surface area contributed by atoms with Gasteiger partial charge < -0.3 is 10.6 Å². The molecule has 4 aromatic rings. The maximum atomic E-state index is 14.1. The molecule has 174 valence electrons. The first kappa shape index (κ1) is 23.3. The third-order valence-electron chi connectivity index (χ3n) is 4.77. The Morgan fingerprint density at radius 2 is 1.85 bits per heavy atom. The molecule has 11 heteroatoms. The van der Waals surface area contributed by atoms with Crippen molar-refractivity contribution in [2.75, 3.05) is 11.9 Å². The van der Waals surface area contributed by atoms with Gasteiger partial charge in [-0.15, -0.1) is 16.4 Å². The van der Waals surface area contributed by atoms with Crippen LogP contribution in [0.2, 0.25) is 0 Å². The van der Waals surface area contributed by atoms with E-state index in [0.717, 1.165) is 5.56 Å². The van der Waals surface area contributed by atoms with Gasteiger partial charge in [-0.2, -0.15) is 18.3 Å². The first-order valence-electron chi connectivity index (χ1n) is 10.3. The molecule has 0 bridgehead atoms. The number of anilines is 1. The summed E-state index contributed by atoms with van der Waals surface area (Å²) in [5.41, 5.74) is 1.15. The van der Waals surface area contributed by atoms with Crippen LogP contribution in [0.25, 0.3) is 22.4 Å². The molecule has 0 saturated heterocycles. The van der Waals surface area contributed by atoms with Gasteiger partial charge in [0.25, 0.3) is 5.91 Å². The molecule has 0 radical (unpaired) electrons. The SMILES string of the molecule is CCNC(=O)c1sc(C(F)(F)F)c(-c2cccnc2)c1-c1cnnc(NCc2ccccc2)n1. The number of hydrogen-bond donors (Lipinski definition) is 2. The summed E-state index contributed by atoms with van der Waals surface area (Å²) in [6, 6.07) is 12.5. The minimum Gasteiger partial charge on any atom is -0.352 e. The highest BCUT2D eigenvalue weighted by molar-refractivity contribution is 7.15. The van der Waals surface area contributed by atoms with E-state index < -0.39 is 17.0 Å². The molecule has 0 spiro atoms. The Kier molecular flexibility index (Phi) is 6.82. The second-order valence-corrected chi connectivity index (χ2v) is 8.13. The quantitative estimate of drug-likeness (QED) is 0.382. The number of carbonyl (C=O) groups excluding carboxylic acids is 1. The number of halogens is 3. The fourth-order valence-corrected chi connectivity index (χ4v) is 4.45. The summed E-state index contributed by atoms with van der Waals surface area (Å²) in [6.45, 7) is 2.34. The van der Waals surface area contributed by atoms with E-state index in [4.69, 9.17) is 0 Å². The molecule has 0 unspecified atom stereocenters. The van der Waals surface area contributed by atoms with Gasteiger partial charge in [0, 0.05) is 42.2 Å². The molecule has 0 aliphatic rings. The zero-order valence-corrected chi connectivity index (χ0v) is 18.7. The monoisotopic (exact) mass is 484 g/mol. The van der Waals surface area contributed by atoms with E-state index in [1.165, 1.54) is 30.7 Å². The van der Waals surface area contributed by atoms with Gasteiger partial charge in [-0.3, -0.25) is 9.78 Å². The molecule has 7 nitrogen and oxygen atoms in total. The van der Waals surface area contributed by atoms with Crippen LogP contribution in [0, 0.1) is 0 Å². The summed E-state index contributed by atoms with van der Waals surface area (Å²) in [6.07, 6.45) is -0.653. The number of pyridine rings is 1. The fraction of sp³-hybridized carbons (Fsp3) is 0.174. The molecule has 2 N–H and O–H groups in total. The Hall–Kier alpha value is -3.86. The third kappa shape index (κ3) is 5.04. The lowest BCUT2D eigenvalue weighted by Crippen LogP contribution is -2.22. The normalized spacial score (nSPS) is 11.3. The Morgan fingerprint density at radius 1 is 1.06 bits per heavy atom. The predicted molar refractivity (Wildman–Crippen MR) is 123 cm³/mol. The van der Waals surface area contributed by atoms with Crippen molar-refractivity contribution in [1.82, 2.24) is 25.5 Å². The average molecular weight is 485 g/mol. The van der Waals surface area contributed by atoms with E-state index in [0.29, 0.717) is 17.9 Å². The summed E-state index contributed by atoms with van der Waals surface area (Å²) in [7, 11) is 0. The summed E-state index contributed by atoms with van der Waals surface area (Å²) in [5.74, 6) is -0.499. The summed E-state index contributed by atoms with van der Waals surface area (Å²) < 4.78 is 42.2. The number of alkyl halides is 3. The van der Waals surface area contributed by atoms with Crippen molar-refractivity contribution >= 4 is 23.2 Å². The van der Waals surface area contributed by atoms with Crippen molar-refractivity contribution in [3.63, 3.8) is 0 Å². The summed E-state index contributed by atoms with van der Waals surface area (Å²) in [4.78, 5) is 20.1. The molecule has 1 aromatic carbocycles. The first-order chi connectivity index (χ1) is 16.4. The zero-order valence-electron chi connectivity index (χ0n) is 17.9. The van der Waals surface area contributed by atoms with Gasteiger partial charge in [0.1, 0.15) is 9.75 Å². The second-order valence-electron chi connectivity index (χ2n) is 7.11. The fourth-order valence-electron chi connectivity index (χ4n) is 3.34. The van der Waals surface area contributed by atoms with E-state index in [1.54, 1.807) is 6.92 Å². The minimum absolute atomic E-state index is 0.0361. The van der Waals surface area contributed by atoms with E-state index in [-0.39, 0.29) is 39.8 Å². The van der Waals surface area contributed by atoms with Crippen molar-refractivity contribution in [1.29, 1.82) is 0 Å². The maximum absolute atomic E-state index is 14.1. The molecule has 4 rings (SSSR count). The summed E-state index contributed by atoms with van der Waals surface area (Å²) >= 11 is 0.373. The topological polar surface area (TPSA) is 92.7 Å². The van der Waals surface area contributed by atoms with Gasteiger partial charge in [-0.05, 0) is 18.6 Å². The Balaban J connectivity index is 1.86. The molecule has 0 fully saturated rings. The van der Waals surface area contributed by atoms with Crippen molar-refractivity contribution < 1.29 is 18.0 Å². The van der Waals surface area contributed by atoms with Crippen LogP contribution in [0.1, 0.15) is 27.0 Å². The van der Waals surface area contributed by atoms with Crippen molar-refractivity contribution in [2.45, 2.75) is 19.6 Å². The van der Waals surface area contributed by atoms with Crippen LogP contribution in [0.3, 0.4) is 0 Å². The van der Waals surface area contributed by atoms with E-state index >= 15 is 0 Å². The van der Waals surface area contributed by atoms with E-state index in [9.17, 15) is 18.0 Å². The number of rotatable bonds is 7. The molecular formula is C23H19F3N6OS. The molecule has 0 aliphatic heterocycles. The Labute approximate surface area is 197 Å². The third-order valence-corrected chi connectivity index (χ3v) is 6.00. The lowest BCUT2D eigenvalue weighted by atomic mass is 9.99.